The molecule has 0 aliphatic carbocycles. The number of hydrogen-bond acceptors (Lipinski definition) is 3. The monoisotopic (exact) mass is 286 g/mol. The average Bonchev–Trinajstić information content (AvgIpc) is 2.41. The van der Waals surface area contributed by atoms with Crippen LogP contribution in [0.2, 0.25) is 0 Å². The molecule has 0 spiro atoms. The zero-order chi connectivity index (χ0) is 15.0. The number of alkyl halides is 2. The summed E-state index contributed by atoms with van der Waals surface area (Å²) in [5.41, 5.74) is 0.859. The number of amides is 2. The Bertz CT molecular complexity index is 441. The number of hydrogen-bond donors (Lipinski definition) is 2. The van der Waals surface area contributed by atoms with Crippen molar-refractivity contribution in [3.8, 4) is 0 Å². The highest BCUT2D eigenvalue weighted by Crippen LogP contribution is 2.00. The van der Waals surface area contributed by atoms with Crippen LogP contribution in [0, 0.1) is 0 Å². The van der Waals surface area contributed by atoms with E-state index in [1.165, 1.54) is 6.92 Å². The van der Waals surface area contributed by atoms with Gasteiger partial charge in [0, 0.05) is 13.5 Å². The van der Waals surface area contributed by atoms with E-state index in [-0.39, 0.29) is 6.54 Å². The van der Waals surface area contributed by atoms with Crippen LogP contribution in [0.4, 0.5) is 8.78 Å². The maximum atomic E-state index is 12.0. The number of carbonyl (C=O) groups is 2. The van der Waals surface area contributed by atoms with Crippen LogP contribution < -0.4 is 10.6 Å². The van der Waals surface area contributed by atoms with Crippen molar-refractivity contribution in [3.63, 3.8) is 0 Å². The molecule has 2 amide bonds. The van der Waals surface area contributed by atoms with Gasteiger partial charge in [0.05, 0.1) is 6.61 Å². The first-order valence-corrected chi connectivity index (χ1v) is 5.97. The highest BCUT2D eigenvalue weighted by atomic mass is 19.3. The Morgan fingerprint density at radius 2 is 1.90 bits per heavy atom. The van der Waals surface area contributed by atoms with Gasteiger partial charge in [0.25, 0.3) is 0 Å². The molecule has 2 N–H and O–H groups in total. The van der Waals surface area contributed by atoms with Crippen molar-refractivity contribution in [1.29, 1.82) is 0 Å². The molecule has 1 aromatic carbocycles. The van der Waals surface area contributed by atoms with Gasteiger partial charge in [-0.05, 0) is 5.56 Å². The molecule has 0 saturated carbocycles. The van der Waals surface area contributed by atoms with Crippen molar-refractivity contribution in [2.75, 3.05) is 6.61 Å². The van der Waals surface area contributed by atoms with Crippen LogP contribution in [0.1, 0.15) is 12.5 Å². The summed E-state index contributed by atoms with van der Waals surface area (Å²) in [4.78, 5) is 22.8. The molecular formula is C13H16F2N2O3. The van der Waals surface area contributed by atoms with Gasteiger partial charge in [0.1, 0.15) is 6.04 Å². The maximum Gasteiger partial charge on any atom is 0.345 e. The Morgan fingerprint density at radius 3 is 2.45 bits per heavy atom. The summed E-state index contributed by atoms with van der Waals surface area (Å²) in [7, 11) is 0. The summed E-state index contributed by atoms with van der Waals surface area (Å²) in [5, 5.41) is 4.81. The van der Waals surface area contributed by atoms with E-state index in [1.807, 2.05) is 30.3 Å². The van der Waals surface area contributed by atoms with Gasteiger partial charge in [-0.1, -0.05) is 30.3 Å². The van der Waals surface area contributed by atoms with Crippen molar-refractivity contribution in [1.82, 2.24) is 10.6 Å². The summed E-state index contributed by atoms with van der Waals surface area (Å²) in [6.45, 7) is -2.14. The highest BCUT2D eigenvalue weighted by Gasteiger charge is 2.21. The van der Waals surface area contributed by atoms with E-state index in [4.69, 9.17) is 0 Å². The highest BCUT2D eigenvalue weighted by molar-refractivity contribution is 5.86. The molecule has 5 nitrogen and oxygen atoms in total. The van der Waals surface area contributed by atoms with Crippen molar-refractivity contribution < 1.29 is 23.1 Å². The predicted octanol–water partition coefficient (Wildman–Crippen LogP) is 1.05. The van der Waals surface area contributed by atoms with Gasteiger partial charge >= 0.3 is 6.61 Å². The average molecular weight is 286 g/mol. The number of ether oxygens (including phenoxy) is 1. The van der Waals surface area contributed by atoms with Crippen molar-refractivity contribution >= 4 is 11.8 Å². The van der Waals surface area contributed by atoms with Gasteiger partial charge in [-0.15, -0.1) is 0 Å². The van der Waals surface area contributed by atoms with Crippen molar-refractivity contribution in [2.24, 2.45) is 0 Å². The van der Waals surface area contributed by atoms with Crippen LogP contribution in [-0.4, -0.2) is 31.1 Å². The number of rotatable bonds is 7. The number of carbonyl (C=O) groups excluding carboxylic acids is 2. The second-order valence-electron chi connectivity index (χ2n) is 4.05. The molecule has 1 atom stereocenters. The molecule has 0 fully saturated rings. The Labute approximate surface area is 115 Å². The van der Waals surface area contributed by atoms with E-state index >= 15 is 0 Å². The molecule has 0 aliphatic heterocycles. The van der Waals surface area contributed by atoms with E-state index in [0.29, 0.717) is 0 Å². The third kappa shape index (κ3) is 6.24. The molecule has 1 aromatic rings. The lowest BCUT2D eigenvalue weighted by atomic mass is 10.2. The molecule has 20 heavy (non-hydrogen) atoms. The molecule has 0 heterocycles. The standard InChI is InChI=1S/C13H16F2N2O3/c1-9(18)17-11(8-20-13(14)15)12(19)16-7-10-5-3-2-4-6-10/h2-6,11,13H,7-8H2,1H3,(H,16,19)(H,17,18)/t11-/m0/s1. The third-order valence-electron chi connectivity index (χ3n) is 2.39. The summed E-state index contributed by atoms with van der Waals surface area (Å²) in [6.07, 6.45) is 0. The lowest BCUT2D eigenvalue weighted by Gasteiger charge is -2.17. The van der Waals surface area contributed by atoms with Crippen LogP contribution in [0.15, 0.2) is 30.3 Å². The van der Waals surface area contributed by atoms with Crippen LogP contribution in [0.3, 0.4) is 0 Å². The predicted molar refractivity (Wildman–Crippen MR) is 67.8 cm³/mol. The maximum absolute atomic E-state index is 12.0. The molecule has 1 rings (SSSR count). The van der Waals surface area contributed by atoms with Crippen LogP contribution in [0.5, 0.6) is 0 Å². The van der Waals surface area contributed by atoms with Crippen LogP contribution in [0.25, 0.3) is 0 Å². The van der Waals surface area contributed by atoms with Crippen LogP contribution >= 0.6 is 0 Å². The first-order chi connectivity index (χ1) is 9.49. The normalized spacial score (nSPS) is 12.0. The van der Waals surface area contributed by atoms with Gasteiger partial charge in [-0.2, -0.15) is 8.78 Å². The largest absolute Gasteiger partial charge is 0.350 e. The zero-order valence-corrected chi connectivity index (χ0v) is 10.9. The second-order valence-corrected chi connectivity index (χ2v) is 4.05. The first-order valence-electron chi connectivity index (χ1n) is 5.97. The lowest BCUT2D eigenvalue weighted by Crippen LogP contribution is -2.48. The summed E-state index contributed by atoms with van der Waals surface area (Å²) in [5.74, 6) is -1.08. The Balaban J connectivity index is 2.51. The molecule has 7 heteroatoms. The molecule has 0 unspecified atom stereocenters. The molecule has 0 aliphatic rings. The molecule has 0 radical (unpaired) electrons. The zero-order valence-electron chi connectivity index (χ0n) is 10.9. The molecule has 0 saturated heterocycles. The van der Waals surface area contributed by atoms with Gasteiger partial charge < -0.3 is 15.4 Å². The number of nitrogens with one attached hydrogen (secondary N) is 2. The molecule has 0 aromatic heterocycles. The summed E-state index contributed by atoms with van der Waals surface area (Å²) < 4.78 is 28.0. The smallest absolute Gasteiger partial charge is 0.345 e. The van der Waals surface area contributed by atoms with E-state index in [9.17, 15) is 18.4 Å². The Morgan fingerprint density at radius 1 is 1.25 bits per heavy atom. The third-order valence-corrected chi connectivity index (χ3v) is 2.39. The first kappa shape index (κ1) is 16.0. The quantitative estimate of drug-likeness (QED) is 0.787. The van der Waals surface area contributed by atoms with E-state index < -0.39 is 31.1 Å². The van der Waals surface area contributed by atoms with Crippen molar-refractivity contribution in [2.45, 2.75) is 26.1 Å². The SMILES string of the molecule is CC(=O)N[C@@H](COC(F)F)C(=O)NCc1ccccc1. The fraction of sp³-hybridized carbons (Fsp3) is 0.385. The molecule has 110 valence electrons. The number of halogens is 2. The van der Waals surface area contributed by atoms with Gasteiger partial charge in [0.15, 0.2) is 0 Å². The summed E-state index contributed by atoms with van der Waals surface area (Å²) in [6, 6.07) is 7.93. The van der Waals surface area contributed by atoms with E-state index in [0.717, 1.165) is 5.56 Å². The topological polar surface area (TPSA) is 67.4 Å². The Hall–Kier alpha value is -2.02. The summed E-state index contributed by atoms with van der Waals surface area (Å²) >= 11 is 0. The van der Waals surface area contributed by atoms with Crippen LogP contribution in [-0.2, 0) is 20.9 Å². The number of benzene rings is 1. The van der Waals surface area contributed by atoms with E-state index in [2.05, 4.69) is 15.4 Å². The minimum atomic E-state index is -2.99. The lowest BCUT2D eigenvalue weighted by molar-refractivity contribution is -0.146. The van der Waals surface area contributed by atoms with Crippen molar-refractivity contribution in [3.05, 3.63) is 35.9 Å². The fourth-order valence-electron chi connectivity index (χ4n) is 1.51. The van der Waals surface area contributed by atoms with E-state index in [1.54, 1.807) is 0 Å². The second kappa shape index (κ2) is 8.21. The minimum Gasteiger partial charge on any atom is -0.350 e. The van der Waals surface area contributed by atoms with Gasteiger partial charge in [-0.3, -0.25) is 9.59 Å². The Kier molecular flexibility index (Phi) is 6.58. The minimum absolute atomic E-state index is 0.241. The fourth-order valence-corrected chi connectivity index (χ4v) is 1.51. The van der Waals surface area contributed by atoms with Gasteiger partial charge in [-0.25, -0.2) is 0 Å². The molecular weight excluding hydrogens is 270 g/mol. The van der Waals surface area contributed by atoms with Gasteiger partial charge in [0.2, 0.25) is 11.8 Å². The molecule has 0 bridgehead atoms.